The minimum Gasteiger partial charge on any atom is -0.383 e. The van der Waals surface area contributed by atoms with Gasteiger partial charge in [0.25, 0.3) is 0 Å². The number of nitrogens with zero attached hydrogens (tertiary/aromatic N) is 1. The predicted octanol–water partition coefficient (Wildman–Crippen LogP) is 3.73. The second-order valence-corrected chi connectivity index (χ2v) is 6.32. The van der Waals surface area contributed by atoms with Crippen molar-refractivity contribution >= 4 is 21.6 Å². The third kappa shape index (κ3) is 3.96. The number of halogens is 1. The molecule has 112 valence electrons. The van der Waals surface area contributed by atoms with Crippen LogP contribution in [0.5, 0.6) is 0 Å². The van der Waals surface area contributed by atoms with Crippen molar-refractivity contribution in [3.05, 3.63) is 28.2 Å². The van der Waals surface area contributed by atoms with E-state index in [0.29, 0.717) is 12.1 Å². The van der Waals surface area contributed by atoms with Crippen LogP contribution in [0.15, 0.2) is 22.7 Å². The van der Waals surface area contributed by atoms with Gasteiger partial charge in [-0.3, -0.25) is 0 Å². The molecule has 0 amide bonds. The Morgan fingerprint density at radius 3 is 2.80 bits per heavy atom. The van der Waals surface area contributed by atoms with E-state index in [2.05, 4.69) is 58.2 Å². The fraction of sp³-hybridized carbons (Fsp3) is 0.625. The normalized spacial score (nSPS) is 16.2. The zero-order chi connectivity index (χ0) is 14.5. The molecule has 0 radical (unpaired) electrons. The van der Waals surface area contributed by atoms with Crippen molar-refractivity contribution < 1.29 is 4.74 Å². The molecule has 1 atom stereocenters. The van der Waals surface area contributed by atoms with Gasteiger partial charge in [0.1, 0.15) is 0 Å². The van der Waals surface area contributed by atoms with Gasteiger partial charge in [-0.25, -0.2) is 0 Å². The second kappa shape index (κ2) is 7.43. The summed E-state index contributed by atoms with van der Waals surface area (Å²) in [4.78, 5) is 2.51. The van der Waals surface area contributed by atoms with E-state index < -0.39 is 0 Å². The summed E-state index contributed by atoms with van der Waals surface area (Å²) in [6.07, 6.45) is 2.59. The molecular weight excluding hydrogens is 316 g/mol. The molecule has 1 unspecified atom stereocenters. The summed E-state index contributed by atoms with van der Waals surface area (Å²) in [5.74, 6) is 0. The highest BCUT2D eigenvalue weighted by Gasteiger charge is 2.30. The van der Waals surface area contributed by atoms with Crippen molar-refractivity contribution in [2.24, 2.45) is 0 Å². The summed E-state index contributed by atoms with van der Waals surface area (Å²) >= 11 is 3.61. The molecule has 1 saturated carbocycles. The van der Waals surface area contributed by atoms with Crippen molar-refractivity contribution in [1.29, 1.82) is 0 Å². The molecule has 1 aromatic rings. The van der Waals surface area contributed by atoms with Gasteiger partial charge in [-0.2, -0.15) is 0 Å². The molecule has 4 heteroatoms. The lowest BCUT2D eigenvalue weighted by Gasteiger charge is -2.29. The first-order valence-corrected chi connectivity index (χ1v) is 8.25. The van der Waals surface area contributed by atoms with E-state index >= 15 is 0 Å². The van der Waals surface area contributed by atoms with E-state index in [0.717, 1.165) is 24.2 Å². The molecule has 1 aliphatic rings. The van der Waals surface area contributed by atoms with E-state index in [-0.39, 0.29) is 0 Å². The third-order valence-corrected chi connectivity index (χ3v) is 4.30. The Kier molecular flexibility index (Phi) is 5.87. The number of benzene rings is 1. The molecule has 0 bridgehead atoms. The molecule has 0 aliphatic heterocycles. The maximum Gasteiger partial charge on any atom is 0.0637 e. The van der Waals surface area contributed by atoms with E-state index in [9.17, 15) is 0 Å². The molecule has 1 N–H and O–H groups in total. The highest BCUT2D eigenvalue weighted by Crippen LogP contribution is 2.37. The Labute approximate surface area is 130 Å². The van der Waals surface area contributed by atoms with Crippen LogP contribution < -0.4 is 10.2 Å². The van der Waals surface area contributed by atoms with E-state index in [1.807, 2.05) is 0 Å². The van der Waals surface area contributed by atoms with Gasteiger partial charge < -0.3 is 15.0 Å². The highest BCUT2D eigenvalue weighted by molar-refractivity contribution is 9.10. The van der Waals surface area contributed by atoms with Crippen molar-refractivity contribution in [1.82, 2.24) is 5.32 Å². The van der Waals surface area contributed by atoms with E-state index in [1.165, 1.54) is 24.1 Å². The highest BCUT2D eigenvalue weighted by atomic mass is 79.9. The van der Waals surface area contributed by atoms with Gasteiger partial charge >= 0.3 is 0 Å². The number of anilines is 1. The Morgan fingerprint density at radius 2 is 2.20 bits per heavy atom. The largest absolute Gasteiger partial charge is 0.383 e. The molecule has 1 aromatic carbocycles. The van der Waals surface area contributed by atoms with Crippen LogP contribution in [-0.4, -0.2) is 32.8 Å². The lowest BCUT2D eigenvalue weighted by Crippen LogP contribution is -2.31. The number of methoxy groups -OCH3 is 1. The summed E-state index contributed by atoms with van der Waals surface area (Å²) in [7, 11) is 1.77. The second-order valence-electron chi connectivity index (χ2n) is 5.40. The first kappa shape index (κ1) is 15.8. The summed E-state index contributed by atoms with van der Waals surface area (Å²) in [6.45, 7) is 7.11. The summed E-state index contributed by atoms with van der Waals surface area (Å²) < 4.78 is 6.42. The van der Waals surface area contributed by atoms with E-state index in [1.54, 1.807) is 7.11 Å². The van der Waals surface area contributed by atoms with Gasteiger partial charge in [-0.15, -0.1) is 0 Å². The molecule has 1 fully saturated rings. The zero-order valence-electron chi connectivity index (χ0n) is 12.7. The predicted molar refractivity (Wildman–Crippen MR) is 88.5 cm³/mol. The molecule has 20 heavy (non-hydrogen) atoms. The van der Waals surface area contributed by atoms with Gasteiger partial charge in [0.2, 0.25) is 0 Å². The molecule has 2 rings (SSSR count). The fourth-order valence-corrected chi connectivity index (χ4v) is 2.97. The molecule has 0 saturated heterocycles. The summed E-state index contributed by atoms with van der Waals surface area (Å²) in [6, 6.07) is 7.67. The van der Waals surface area contributed by atoms with Crippen LogP contribution in [0.2, 0.25) is 0 Å². The quantitative estimate of drug-likeness (QED) is 0.780. The van der Waals surface area contributed by atoms with Gasteiger partial charge in [-0.05, 0) is 44.0 Å². The number of rotatable bonds is 8. The SMILES string of the molecule is CCNC(C)c1ccc(Br)cc1N(CCOC)C1CC1. The van der Waals surface area contributed by atoms with Crippen molar-refractivity contribution in [2.75, 3.05) is 31.7 Å². The molecule has 0 heterocycles. The van der Waals surface area contributed by atoms with Crippen LogP contribution in [0.4, 0.5) is 5.69 Å². The number of nitrogens with one attached hydrogen (secondary N) is 1. The molecular formula is C16H25BrN2O. The summed E-state index contributed by atoms with van der Waals surface area (Å²) in [5, 5.41) is 3.52. The Balaban J connectivity index is 2.28. The van der Waals surface area contributed by atoms with Crippen molar-refractivity contribution in [3.8, 4) is 0 Å². The average Bonchev–Trinajstić information content (AvgIpc) is 3.24. The molecule has 3 nitrogen and oxygen atoms in total. The monoisotopic (exact) mass is 340 g/mol. The van der Waals surface area contributed by atoms with Crippen LogP contribution in [0.25, 0.3) is 0 Å². The smallest absolute Gasteiger partial charge is 0.0637 e. The minimum absolute atomic E-state index is 0.367. The standard InChI is InChI=1S/C16H25BrN2O/c1-4-18-12(2)15-8-5-13(17)11-16(15)19(9-10-20-3)14-6-7-14/h5,8,11-12,14,18H,4,6-7,9-10H2,1-3H3. The van der Waals surface area contributed by atoms with Crippen LogP contribution in [0.3, 0.4) is 0 Å². The fourth-order valence-electron chi connectivity index (χ4n) is 2.62. The Bertz CT molecular complexity index is 434. The van der Waals surface area contributed by atoms with Crippen LogP contribution in [0, 0.1) is 0 Å². The van der Waals surface area contributed by atoms with Gasteiger partial charge in [0, 0.05) is 35.9 Å². The maximum absolute atomic E-state index is 5.28. The summed E-state index contributed by atoms with van der Waals surface area (Å²) in [5.41, 5.74) is 2.71. The zero-order valence-corrected chi connectivity index (χ0v) is 14.2. The van der Waals surface area contributed by atoms with Crippen LogP contribution in [-0.2, 0) is 4.74 Å². The van der Waals surface area contributed by atoms with Crippen molar-refractivity contribution in [2.45, 2.75) is 38.8 Å². The molecule has 0 aromatic heterocycles. The van der Waals surface area contributed by atoms with Gasteiger partial charge in [0.15, 0.2) is 0 Å². The molecule has 1 aliphatic carbocycles. The van der Waals surface area contributed by atoms with E-state index in [4.69, 9.17) is 4.74 Å². The van der Waals surface area contributed by atoms with Crippen LogP contribution >= 0.6 is 15.9 Å². The Morgan fingerprint density at radius 1 is 1.45 bits per heavy atom. The number of ether oxygens (including phenoxy) is 1. The lowest BCUT2D eigenvalue weighted by molar-refractivity contribution is 0.205. The average molecular weight is 341 g/mol. The van der Waals surface area contributed by atoms with Crippen LogP contribution in [0.1, 0.15) is 38.3 Å². The van der Waals surface area contributed by atoms with Gasteiger partial charge in [0.05, 0.1) is 6.61 Å². The first-order chi connectivity index (χ1) is 9.67. The minimum atomic E-state index is 0.367. The lowest BCUT2D eigenvalue weighted by atomic mass is 10.0. The first-order valence-electron chi connectivity index (χ1n) is 7.45. The third-order valence-electron chi connectivity index (χ3n) is 3.80. The number of hydrogen-bond acceptors (Lipinski definition) is 3. The Hall–Kier alpha value is -0.580. The molecule has 0 spiro atoms. The van der Waals surface area contributed by atoms with Gasteiger partial charge in [-0.1, -0.05) is 28.9 Å². The maximum atomic E-state index is 5.28. The number of hydrogen-bond donors (Lipinski definition) is 1. The topological polar surface area (TPSA) is 24.5 Å². The van der Waals surface area contributed by atoms with Crippen molar-refractivity contribution in [3.63, 3.8) is 0 Å².